The van der Waals surface area contributed by atoms with E-state index in [4.69, 9.17) is 14.9 Å². The molecule has 0 spiro atoms. The van der Waals surface area contributed by atoms with E-state index in [-0.39, 0.29) is 30.6 Å². The number of aromatic amines is 1. The van der Waals surface area contributed by atoms with Crippen LogP contribution >= 0.6 is 27.7 Å². The van der Waals surface area contributed by atoms with E-state index < -0.39 is 0 Å². The fraction of sp³-hybridized carbons (Fsp3) is 0.316. The van der Waals surface area contributed by atoms with Gasteiger partial charge in [-0.05, 0) is 34.5 Å². The Morgan fingerprint density at radius 2 is 1.90 bits per heavy atom. The highest BCUT2D eigenvalue weighted by Gasteiger charge is 2.25. The van der Waals surface area contributed by atoms with E-state index in [1.54, 1.807) is 4.57 Å². The van der Waals surface area contributed by atoms with E-state index in [0.717, 1.165) is 9.37 Å². The number of benzene rings is 1. The molecule has 1 fully saturated rings. The lowest BCUT2D eigenvalue weighted by atomic mass is 10.1. The number of fused-ring (bicyclic) bond motifs is 2. The Balaban J connectivity index is 1.42. The second-order valence-electron chi connectivity index (χ2n) is 7.06. The number of likely N-dealkylation sites (tertiary alicyclic amines) is 1. The first kappa shape index (κ1) is 20.1. The van der Waals surface area contributed by atoms with Gasteiger partial charge in [-0.15, -0.1) is 0 Å². The Labute approximate surface area is 188 Å². The van der Waals surface area contributed by atoms with Crippen LogP contribution in [0.25, 0.3) is 11.2 Å². The number of hydrogen-bond donors (Lipinski definition) is 2. The first-order valence-electron chi connectivity index (χ1n) is 9.59. The minimum atomic E-state index is -0.149. The second kappa shape index (κ2) is 8.00. The number of carbonyl (C=O) groups is 2. The Bertz CT molecular complexity index is 1260. The van der Waals surface area contributed by atoms with Crippen molar-refractivity contribution in [2.24, 2.45) is 0 Å². The quantitative estimate of drug-likeness (QED) is 0.510. The molecule has 160 valence electrons. The predicted molar refractivity (Wildman–Crippen MR) is 113 cm³/mol. The maximum Gasteiger partial charge on any atom is 0.231 e. The fourth-order valence-electron chi connectivity index (χ4n) is 3.51. The van der Waals surface area contributed by atoms with Gasteiger partial charge in [0.15, 0.2) is 27.8 Å². The molecule has 2 aliphatic rings. The lowest BCUT2D eigenvalue weighted by molar-refractivity contribution is -0.148. The van der Waals surface area contributed by atoms with Gasteiger partial charge in [0.2, 0.25) is 18.6 Å². The highest BCUT2D eigenvalue weighted by molar-refractivity contribution is 9.10. The van der Waals surface area contributed by atoms with Gasteiger partial charge in [0, 0.05) is 35.3 Å². The average Bonchev–Trinajstić information content (AvgIpc) is 3.36. The third-order valence-electron chi connectivity index (χ3n) is 5.08. The van der Waals surface area contributed by atoms with E-state index in [2.05, 4.69) is 30.9 Å². The summed E-state index contributed by atoms with van der Waals surface area (Å²) in [7, 11) is 0. The molecule has 2 aromatic heterocycles. The Morgan fingerprint density at radius 1 is 1.16 bits per heavy atom. The Kier molecular flexibility index (Phi) is 5.18. The summed E-state index contributed by atoms with van der Waals surface area (Å²) in [6.07, 6.45) is 2.90. The molecule has 12 heteroatoms. The molecule has 1 saturated heterocycles. The molecule has 0 radical (unpaired) electrons. The summed E-state index contributed by atoms with van der Waals surface area (Å²) in [5, 5.41) is 8.70. The van der Waals surface area contributed by atoms with Crippen LogP contribution in [0, 0.1) is 5.41 Å². The maximum atomic E-state index is 12.1. The topological polar surface area (TPSA) is 126 Å². The van der Waals surface area contributed by atoms with Crippen molar-refractivity contribution in [2.45, 2.75) is 35.9 Å². The third kappa shape index (κ3) is 3.81. The second-order valence-corrected chi connectivity index (χ2v) is 8.94. The van der Waals surface area contributed by atoms with Crippen LogP contribution in [0.3, 0.4) is 0 Å². The number of aromatic nitrogens is 4. The highest BCUT2D eigenvalue weighted by atomic mass is 79.9. The molecule has 1 aromatic carbocycles. The smallest absolute Gasteiger partial charge is 0.231 e. The van der Waals surface area contributed by atoms with Gasteiger partial charge < -0.3 is 19.0 Å². The van der Waals surface area contributed by atoms with Gasteiger partial charge in [0.1, 0.15) is 5.52 Å². The van der Waals surface area contributed by atoms with Gasteiger partial charge in [0.05, 0.1) is 6.33 Å². The van der Waals surface area contributed by atoms with E-state index in [0.29, 0.717) is 53.6 Å². The Hall–Kier alpha value is -2.86. The SMILES string of the molecule is N=c1ncn(CCN2C(=O)CCCC2=O)c2nc(Sc3cc4c(cc3Br)OCO4)[nH]c12. The van der Waals surface area contributed by atoms with Crippen molar-refractivity contribution in [2.75, 3.05) is 13.3 Å². The number of carbonyl (C=O) groups excluding carboxylic acids is 2. The molecule has 5 rings (SSSR count). The minimum absolute atomic E-state index is 0.0699. The summed E-state index contributed by atoms with van der Waals surface area (Å²) < 4.78 is 13.4. The minimum Gasteiger partial charge on any atom is -0.454 e. The number of rotatable bonds is 5. The number of nitrogens with zero attached hydrogens (tertiary/aromatic N) is 4. The fourth-order valence-corrected chi connectivity index (χ4v) is 4.89. The Morgan fingerprint density at radius 3 is 2.68 bits per heavy atom. The molecular formula is C19H17BrN6O4S. The van der Waals surface area contributed by atoms with Gasteiger partial charge in [-0.3, -0.25) is 19.9 Å². The first-order valence-corrected chi connectivity index (χ1v) is 11.2. The van der Waals surface area contributed by atoms with Crippen molar-refractivity contribution in [3.8, 4) is 11.5 Å². The van der Waals surface area contributed by atoms with Gasteiger partial charge in [-0.25, -0.2) is 9.97 Å². The van der Waals surface area contributed by atoms with Crippen molar-refractivity contribution in [1.29, 1.82) is 5.41 Å². The van der Waals surface area contributed by atoms with E-state index in [1.807, 2.05) is 12.1 Å². The summed E-state index contributed by atoms with van der Waals surface area (Å²) in [5.74, 6) is 1.04. The first-order chi connectivity index (χ1) is 15.0. The molecule has 0 aliphatic carbocycles. The van der Waals surface area contributed by atoms with E-state index in [9.17, 15) is 9.59 Å². The molecular weight excluding hydrogens is 488 g/mol. The number of hydrogen-bond acceptors (Lipinski definition) is 8. The summed E-state index contributed by atoms with van der Waals surface area (Å²) in [6, 6.07) is 3.71. The lowest BCUT2D eigenvalue weighted by Crippen LogP contribution is -2.41. The van der Waals surface area contributed by atoms with Crippen LogP contribution in [0.15, 0.2) is 33.0 Å². The molecule has 0 bridgehead atoms. The molecule has 0 atom stereocenters. The monoisotopic (exact) mass is 504 g/mol. The van der Waals surface area contributed by atoms with Crippen LogP contribution < -0.4 is 15.0 Å². The van der Waals surface area contributed by atoms with Crippen LogP contribution in [0.4, 0.5) is 0 Å². The molecule has 2 amide bonds. The highest BCUT2D eigenvalue weighted by Crippen LogP contribution is 2.42. The van der Waals surface area contributed by atoms with Crippen LogP contribution in [-0.4, -0.2) is 49.6 Å². The summed E-state index contributed by atoms with van der Waals surface area (Å²) in [6.45, 7) is 0.792. The molecule has 2 aliphatic heterocycles. The van der Waals surface area contributed by atoms with Crippen molar-refractivity contribution < 1.29 is 19.1 Å². The van der Waals surface area contributed by atoms with Crippen molar-refractivity contribution in [1.82, 2.24) is 24.4 Å². The maximum absolute atomic E-state index is 12.1. The number of ether oxygens (including phenoxy) is 2. The molecule has 2 N–H and O–H groups in total. The van der Waals surface area contributed by atoms with E-state index in [1.165, 1.54) is 23.0 Å². The predicted octanol–water partition coefficient (Wildman–Crippen LogP) is 2.42. The summed E-state index contributed by atoms with van der Waals surface area (Å²) in [4.78, 5) is 38.2. The molecule has 4 heterocycles. The standard InChI is InChI=1S/C19H17BrN6O4S/c20-10-6-11-12(30-9-29-11)7-13(10)31-19-23-16-17(21)22-8-25(18(16)24-19)4-5-26-14(27)2-1-3-15(26)28/h6-8,21H,1-5,9H2,(H,23,24). The number of amides is 2. The normalized spacial score (nSPS) is 15.8. The molecule has 0 saturated carbocycles. The summed E-state index contributed by atoms with van der Waals surface area (Å²) >= 11 is 4.92. The van der Waals surface area contributed by atoms with Crippen molar-refractivity contribution >= 4 is 50.7 Å². The number of imidazole rings is 1. The van der Waals surface area contributed by atoms with Gasteiger partial charge in [-0.1, -0.05) is 11.8 Å². The van der Waals surface area contributed by atoms with Crippen LogP contribution in [0.2, 0.25) is 0 Å². The van der Waals surface area contributed by atoms with Crippen LogP contribution in [-0.2, 0) is 16.1 Å². The zero-order valence-corrected chi connectivity index (χ0v) is 18.6. The van der Waals surface area contributed by atoms with Crippen LogP contribution in [0.5, 0.6) is 11.5 Å². The lowest BCUT2D eigenvalue weighted by Gasteiger charge is -2.25. The molecule has 31 heavy (non-hydrogen) atoms. The molecule has 0 unspecified atom stereocenters. The number of H-pyrrole nitrogens is 1. The molecule has 3 aromatic rings. The van der Waals surface area contributed by atoms with Gasteiger partial charge in [-0.2, -0.15) is 0 Å². The number of halogens is 1. The summed E-state index contributed by atoms with van der Waals surface area (Å²) in [5.41, 5.74) is 1.09. The van der Waals surface area contributed by atoms with Crippen molar-refractivity contribution in [3.63, 3.8) is 0 Å². The number of nitrogens with one attached hydrogen (secondary N) is 2. The van der Waals surface area contributed by atoms with Crippen LogP contribution in [0.1, 0.15) is 19.3 Å². The van der Waals surface area contributed by atoms with Gasteiger partial charge >= 0.3 is 0 Å². The number of imide groups is 1. The molecule has 10 nitrogen and oxygen atoms in total. The largest absolute Gasteiger partial charge is 0.454 e. The third-order valence-corrected chi connectivity index (χ3v) is 6.94. The number of piperidine rings is 1. The van der Waals surface area contributed by atoms with E-state index >= 15 is 0 Å². The van der Waals surface area contributed by atoms with Crippen molar-refractivity contribution in [3.05, 3.63) is 28.4 Å². The average molecular weight is 505 g/mol. The zero-order valence-electron chi connectivity index (χ0n) is 16.2. The zero-order chi connectivity index (χ0) is 21.5. The van der Waals surface area contributed by atoms with Gasteiger partial charge in [0.25, 0.3) is 0 Å².